The van der Waals surface area contributed by atoms with E-state index in [4.69, 9.17) is 5.73 Å². The third kappa shape index (κ3) is 3.91. The van der Waals surface area contributed by atoms with E-state index in [0.29, 0.717) is 19.0 Å². The summed E-state index contributed by atoms with van der Waals surface area (Å²) in [4.78, 5) is -0.515. The maximum atomic E-state index is 13.7. The van der Waals surface area contributed by atoms with Crippen LogP contribution in [0.2, 0.25) is 0 Å². The van der Waals surface area contributed by atoms with Gasteiger partial charge in [0.2, 0.25) is 10.0 Å². The first-order valence-electron chi connectivity index (χ1n) is 6.53. The Morgan fingerprint density at radius 1 is 1.29 bits per heavy atom. The zero-order chi connectivity index (χ0) is 14.9. The molecule has 1 aliphatic carbocycles. The largest absolute Gasteiger partial charge is 0.330 e. The number of hydrogen-bond donors (Lipinski definition) is 2. The maximum Gasteiger partial charge on any atom is 0.243 e. The second kappa shape index (κ2) is 7.00. The fraction of sp³-hybridized carbons (Fsp3) is 0.538. The average molecular weight is 341 g/mol. The lowest BCUT2D eigenvalue weighted by Crippen LogP contribution is -2.40. The molecule has 0 heterocycles. The van der Waals surface area contributed by atoms with Gasteiger partial charge in [-0.3, -0.25) is 0 Å². The van der Waals surface area contributed by atoms with Crippen molar-refractivity contribution in [2.45, 2.75) is 37.1 Å². The molecule has 8 heteroatoms. The van der Waals surface area contributed by atoms with Crippen molar-refractivity contribution >= 4 is 22.4 Å². The van der Waals surface area contributed by atoms with Crippen molar-refractivity contribution in [3.8, 4) is 0 Å². The summed E-state index contributed by atoms with van der Waals surface area (Å²) >= 11 is 0. The van der Waals surface area contributed by atoms with Gasteiger partial charge >= 0.3 is 0 Å². The van der Waals surface area contributed by atoms with Crippen LogP contribution in [0.25, 0.3) is 0 Å². The number of sulfonamides is 1. The van der Waals surface area contributed by atoms with Gasteiger partial charge in [0.25, 0.3) is 0 Å². The van der Waals surface area contributed by atoms with Gasteiger partial charge in [-0.2, -0.15) is 0 Å². The van der Waals surface area contributed by atoms with Gasteiger partial charge in [0.1, 0.15) is 16.5 Å². The number of benzene rings is 1. The molecule has 2 atom stereocenters. The molecule has 1 fully saturated rings. The summed E-state index contributed by atoms with van der Waals surface area (Å²) < 4.78 is 53.8. The smallest absolute Gasteiger partial charge is 0.243 e. The quantitative estimate of drug-likeness (QED) is 0.881. The SMILES string of the molecule is Cc1cc(S(=O)(=O)NC2CCCC2CN)c(F)cc1F.Cl. The van der Waals surface area contributed by atoms with Crippen LogP contribution in [0.3, 0.4) is 0 Å². The molecule has 1 aliphatic rings. The molecule has 21 heavy (non-hydrogen) atoms. The lowest BCUT2D eigenvalue weighted by Gasteiger charge is -2.19. The van der Waals surface area contributed by atoms with Crippen LogP contribution >= 0.6 is 12.4 Å². The van der Waals surface area contributed by atoms with Crippen molar-refractivity contribution in [3.63, 3.8) is 0 Å². The molecule has 4 nitrogen and oxygen atoms in total. The molecule has 0 radical (unpaired) electrons. The summed E-state index contributed by atoms with van der Waals surface area (Å²) in [5.74, 6) is -1.78. The third-order valence-electron chi connectivity index (χ3n) is 3.77. The third-order valence-corrected chi connectivity index (χ3v) is 5.28. The fourth-order valence-electron chi connectivity index (χ4n) is 2.57. The van der Waals surface area contributed by atoms with E-state index in [0.717, 1.165) is 18.9 Å². The lowest BCUT2D eigenvalue weighted by atomic mass is 10.1. The number of halogens is 3. The van der Waals surface area contributed by atoms with Gasteiger partial charge < -0.3 is 5.73 Å². The van der Waals surface area contributed by atoms with Gasteiger partial charge in [0, 0.05) is 12.1 Å². The molecular weight excluding hydrogens is 322 g/mol. The van der Waals surface area contributed by atoms with E-state index < -0.39 is 26.6 Å². The van der Waals surface area contributed by atoms with Crippen LogP contribution in [-0.2, 0) is 10.0 Å². The van der Waals surface area contributed by atoms with Gasteiger partial charge in [0.05, 0.1) is 0 Å². The van der Waals surface area contributed by atoms with Crippen LogP contribution in [0.4, 0.5) is 8.78 Å². The molecule has 3 N–H and O–H groups in total. The zero-order valence-electron chi connectivity index (χ0n) is 11.6. The highest BCUT2D eigenvalue weighted by atomic mass is 35.5. The fourth-order valence-corrected chi connectivity index (χ4v) is 4.06. The number of aryl methyl sites for hydroxylation is 1. The second-order valence-corrected chi connectivity index (χ2v) is 6.87. The molecule has 0 spiro atoms. The van der Waals surface area contributed by atoms with E-state index in [-0.39, 0.29) is 29.9 Å². The second-order valence-electron chi connectivity index (χ2n) is 5.19. The van der Waals surface area contributed by atoms with E-state index in [2.05, 4.69) is 4.72 Å². The van der Waals surface area contributed by atoms with Crippen LogP contribution in [0.15, 0.2) is 17.0 Å². The van der Waals surface area contributed by atoms with Crippen LogP contribution in [0, 0.1) is 24.5 Å². The minimum atomic E-state index is -4.00. The number of hydrogen-bond acceptors (Lipinski definition) is 3. The van der Waals surface area contributed by atoms with E-state index in [1.807, 2.05) is 0 Å². The van der Waals surface area contributed by atoms with Crippen molar-refractivity contribution in [1.82, 2.24) is 4.72 Å². The predicted octanol–water partition coefficient (Wildman–Crippen LogP) is 2.10. The van der Waals surface area contributed by atoms with Crippen LogP contribution in [0.5, 0.6) is 0 Å². The highest BCUT2D eigenvalue weighted by molar-refractivity contribution is 7.89. The van der Waals surface area contributed by atoms with Crippen LogP contribution in [0.1, 0.15) is 24.8 Å². The molecule has 2 rings (SSSR count). The van der Waals surface area contributed by atoms with Gasteiger partial charge in [-0.1, -0.05) is 6.42 Å². The molecule has 1 aromatic carbocycles. The summed E-state index contributed by atoms with van der Waals surface area (Å²) in [5.41, 5.74) is 5.69. The van der Waals surface area contributed by atoms with Crippen molar-refractivity contribution in [2.24, 2.45) is 11.7 Å². The monoisotopic (exact) mass is 340 g/mol. The van der Waals surface area contributed by atoms with Crippen LogP contribution in [-0.4, -0.2) is 21.0 Å². The summed E-state index contributed by atoms with van der Waals surface area (Å²) in [5, 5.41) is 0. The Balaban J connectivity index is 0.00000220. The van der Waals surface area contributed by atoms with E-state index in [9.17, 15) is 17.2 Å². The number of rotatable bonds is 4. The Morgan fingerprint density at radius 2 is 1.95 bits per heavy atom. The van der Waals surface area contributed by atoms with Gasteiger partial charge in [-0.15, -0.1) is 12.4 Å². The van der Waals surface area contributed by atoms with E-state index >= 15 is 0 Å². The van der Waals surface area contributed by atoms with E-state index in [1.54, 1.807) is 0 Å². The minimum absolute atomic E-state index is 0. The van der Waals surface area contributed by atoms with Gasteiger partial charge in [-0.05, 0) is 43.9 Å². The lowest BCUT2D eigenvalue weighted by molar-refractivity contribution is 0.450. The first-order valence-corrected chi connectivity index (χ1v) is 8.01. The van der Waals surface area contributed by atoms with Crippen molar-refractivity contribution in [1.29, 1.82) is 0 Å². The Morgan fingerprint density at radius 3 is 2.57 bits per heavy atom. The van der Waals surface area contributed by atoms with Crippen molar-refractivity contribution in [3.05, 3.63) is 29.3 Å². The van der Waals surface area contributed by atoms with Crippen molar-refractivity contribution < 1.29 is 17.2 Å². The number of nitrogens with two attached hydrogens (primary N) is 1. The normalized spacial score (nSPS) is 22.1. The summed E-state index contributed by atoms with van der Waals surface area (Å²) in [7, 11) is -4.00. The molecule has 0 bridgehead atoms. The predicted molar refractivity (Wildman–Crippen MR) is 78.8 cm³/mol. The highest BCUT2D eigenvalue weighted by Crippen LogP contribution is 2.27. The zero-order valence-corrected chi connectivity index (χ0v) is 13.2. The summed E-state index contributed by atoms with van der Waals surface area (Å²) in [6, 6.07) is 1.33. The molecule has 0 saturated heterocycles. The Kier molecular flexibility index (Phi) is 6.10. The summed E-state index contributed by atoms with van der Waals surface area (Å²) in [6.07, 6.45) is 2.43. The molecule has 0 aromatic heterocycles. The molecular formula is C13H19ClF2N2O2S. The highest BCUT2D eigenvalue weighted by Gasteiger charge is 2.31. The molecule has 0 amide bonds. The molecule has 1 saturated carbocycles. The first-order chi connectivity index (χ1) is 9.35. The molecule has 1 aromatic rings. The molecule has 120 valence electrons. The van der Waals surface area contributed by atoms with Crippen molar-refractivity contribution in [2.75, 3.05) is 6.54 Å². The first kappa shape index (κ1) is 18.3. The standard InChI is InChI=1S/C13H18F2N2O2S.ClH/c1-8-5-13(11(15)6-10(8)14)20(18,19)17-12-4-2-3-9(12)7-16;/h5-6,9,12,17H,2-4,7,16H2,1H3;1H. The van der Waals surface area contributed by atoms with Gasteiger partial charge in [0.15, 0.2) is 0 Å². The van der Waals surface area contributed by atoms with Gasteiger partial charge in [-0.25, -0.2) is 21.9 Å². The van der Waals surface area contributed by atoms with Crippen LogP contribution < -0.4 is 10.5 Å². The topological polar surface area (TPSA) is 72.2 Å². The Bertz CT molecular complexity index is 610. The molecule has 2 unspecified atom stereocenters. The maximum absolute atomic E-state index is 13.7. The average Bonchev–Trinajstić information content (AvgIpc) is 2.80. The Hall–Kier alpha value is -0.760. The summed E-state index contributed by atoms with van der Waals surface area (Å²) in [6.45, 7) is 1.78. The van der Waals surface area contributed by atoms with E-state index in [1.165, 1.54) is 6.92 Å². The molecule has 0 aliphatic heterocycles. The minimum Gasteiger partial charge on any atom is -0.330 e. The Labute approximate surface area is 129 Å². The number of nitrogens with one attached hydrogen (secondary N) is 1.